The summed E-state index contributed by atoms with van der Waals surface area (Å²) in [6, 6.07) is 8.33. The molecule has 1 radical (unpaired) electrons. The first-order chi connectivity index (χ1) is 15.9. The Balaban J connectivity index is 1.54. The van der Waals surface area contributed by atoms with E-state index in [0.717, 1.165) is 43.1 Å². The fourth-order valence-corrected chi connectivity index (χ4v) is 3.99. The van der Waals surface area contributed by atoms with Crippen LogP contribution in [0.4, 0.5) is 17.2 Å². The van der Waals surface area contributed by atoms with Gasteiger partial charge < -0.3 is 15.1 Å². The highest BCUT2D eigenvalue weighted by molar-refractivity contribution is 6.36. The van der Waals surface area contributed by atoms with Gasteiger partial charge in [-0.05, 0) is 31.3 Å². The number of aromatic nitrogens is 3. The summed E-state index contributed by atoms with van der Waals surface area (Å²) in [6.45, 7) is 4.04. The number of hydrogen-bond donors (Lipinski definition) is 1. The molecule has 1 saturated heterocycles. The Bertz CT molecular complexity index is 1140. The quantitative estimate of drug-likeness (QED) is 0.392. The molecule has 33 heavy (non-hydrogen) atoms. The molecule has 9 nitrogen and oxygen atoms in total. The molecule has 171 valence electrons. The maximum Gasteiger partial charge on any atom is 0.287 e. The van der Waals surface area contributed by atoms with Crippen molar-refractivity contribution in [2.45, 2.75) is 0 Å². The summed E-state index contributed by atoms with van der Waals surface area (Å²) in [5.41, 5.74) is 2.40. The van der Waals surface area contributed by atoms with Crippen LogP contribution in [0.25, 0.3) is 11.3 Å². The van der Waals surface area contributed by atoms with E-state index in [1.165, 1.54) is 12.3 Å². The van der Waals surface area contributed by atoms with Crippen molar-refractivity contribution in [1.29, 1.82) is 0 Å². The molecule has 3 heterocycles. The Labute approximate surface area is 201 Å². The third-order valence-corrected chi connectivity index (χ3v) is 5.89. The summed E-state index contributed by atoms with van der Waals surface area (Å²) in [7, 11) is 2.11. The highest BCUT2D eigenvalue weighted by Crippen LogP contribution is 2.35. The van der Waals surface area contributed by atoms with Crippen LogP contribution in [-0.2, 0) is 0 Å². The summed E-state index contributed by atoms with van der Waals surface area (Å²) >= 11 is 12.6. The van der Waals surface area contributed by atoms with Gasteiger partial charge in [-0.3, -0.25) is 10.1 Å². The van der Waals surface area contributed by atoms with E-state index in [4.69, 9.17) is 28.2 Å². The van der Waals surface area contributed by atoms with Gasteiger partial charge in [-0.15, -0.1) is 0 Å². The second-order valence-corrected chi connectivity index (χ2v) is 8.46. The molecule has 3 aromatic rings. The van der Waals surface area contributed by atoms with Gasteiger partial charge in [-0.25, -0.2) is 15.0 Å². The highest BCUT2D eigenvalue weighted by Gasteiger charge is 2.21. The molecule has 0 spiro atoms. The summed E-state index contributed by atoms with van der Waals surface area (Å²) < 4.78 is 0. The third kappa shape index (κ3) is 5.68. The lowest BCUT2D eigenvalue weighted by molar-refractivity contribution is -0.385. The van der Waals surface area contributed by atoms with Crippen LogP contribution >= 0.6 is 23.2 Å². The van der Waals surface area contributed by atoms with Crippen molar-refractivity contribution in [1.82, 2.24) is 19.9 Å². The highest BCUT2D eigenvalue weighted by atomic mass is 35.5. The number of nitrogens with zero attached hydrogens (tertiary/aromatic N) is 6. The van der Waals surface area contributed by atoms with Crippen LogP contribution in [0.15, 0.2) is 42.7 Å². The van der Waals surface area contributed by atoms with Crippen LogP contribution in [0.3, 0.4) is 0 Å². The summed E-state index contributed by atoms with van der Waals surface area (Å²) in [5, 5.41) is 14.9. The molecule has 1 aromatic carbocycles. The number of pyridine rings is 1. The molecule has 2 aromatic heterocycles. The Morgan fingerprint density at radius 2 is 1.91 bits per heavy atom. The largest absolute Gasteiger partial charge is 0.369 e. The number of hydrogen-bond acceptors (Lipinski definition) is 8. The number of nitro groups is 1. The van der Waals surface area contributed by atoms with Gasteiger partial charge in [0.05, 0.1) is 27.5 Å². The van der Waals surface area contributed by atoms with E-state index in [0.29, 0.717) is 28.2 Å². The number of benzene rings is 1. The van der Waals surface area contributed by atoms with E-state index < -0.39 is 4.92 Å². The Hall–Kier alpha value is -3.01. The number of nitrogens with one attached hydrogen (secondary N) is 1. The van der Waals surface area contributed by atoms with E-state index in [-0.39, 0.29) is 5.69 Å². The van der Waals surface area contributed by atoms with Gasteiger partial charge in [0.25, 0.3) is 5.69 Å². The van der Waals surface area contributed by atoms with Crippen LogP contribution in [0.1, 0.15) is 5.82 Å². The van der Waals surface area contributed by atoms with Crippen LogP contribution in [0.2, 0.25) is 10.0 Å². The minimum atomic E-state index is -0.484. The van der Waals surface area contributed by atoms with E-state index in [9.17, 15) is 10.1 Å². The zero-order chi connectivity index (χ0) is 23.4. The first-order valence-corrected chi connectivity index (χ1v) is 11.1. The van der Waals surface area contributed by atoms with E-state index in [2.05, 4.69) is 32.1 Å². The number of rotatable bonds is 7. The second kappa shape index (κ2) is 10.3. The average molecular weight is 487 g/mol. The van der Waals surface area contributed by atoms with Gasteiger partial charge in [-0.1, -0.05) is 23.2 Å². The van der Waals surface area contributed by atoms with Gasteiger partial charge in [0.1, 0.15) is 17.8 Å². The molecule has 1 fully saturated rings. The summed E-state index contributed by atoms with van der Waals surface area (Å²) in [6.07, 6.45) is 4.86. The molecule has 0 amide bonds. The lowest BCUT2D eigenvalue weighted by Crippen LogP contribution is -2.44. The predicted molar refractivity (Wildman–Crippen MR) is 130 cm³/mol. The van der Waals surface area contributed by atoms with Crippen LogP contribution < -0.4 is 10.2 Å². The van der Waals surface area contributed by atoms with Crippen molar-refractivity contribution in [2.75, 3.05) is 50.0 Å². The second-order valence-electron chi connectivity index (χ2n) is 7.62. The van der Waals surface area contributed by atoms with Gasteiger partial charge in [0, 0.05) is 55.8 Å². The minimum Gasteiger partial charge on any atom is -0.369 e. The van der Waals surface area contributed by atoms with E-state index >= 15 is 0 Å². The predicted octanol–water partition coefficient (Wildman–Crippen LogP) is 4.17. The smallest absolute Gasteiger partial charge is 0.287 e. The average Bonchev–Trinajstić information content (AvgIpc) is 2.80. The standard InChI is InChI=1S/C22H22Cl2N7O2/c1-29-8-10-30(11-9-29)19-14-27-21(28-22(19)17-4-2-15(23)12-18(17)24)6-7-25-20-5-3-16(13-26-20)31(32)33/h2-6,12-14H,7-11H2,1H3,(H,25,26). The summed E-state index contributed by atoms with van der Waals surface area (Å²) in [4.78, 5) is 28.2. The molecular formula is C22H22Cl2N7O2. The van der Waals surface area contributed by atoms with Crippen molar-refractivity contribution in [3.63, 3.8) is 0 Å². The van der Waals surface area contributed by atoms with Gasteiger partial charge in [0.15, 0.2) is 0 Å². The number of anilines is 2. The molecular weight excluding hydrogens is 465 g/mol. The summed E-state index contributed by atoms with van der Waals surface area (Å²) in [5.74, 6) is 1.05. The first kappa shape index (κ1) is 23.2. The molecule has 0 bridgehead atoms. The van der Waals surface area contributed by atoms with Crippen molar-refractivity contribution < 1.29 is 4.92 Å². The van der Waals surface area contributed by atoms with Crippen molar-refractivity contribution >= 4 is 40.4 Å². The topological polar surface area (TPSA) is 100 Å². The Kier molecular flexibility index (Phi) is 7.22. The lowest BCUT2D eigenvalue weighted by atomic mass is 10.1. The molecule has 0 atom stereocenters. The van der Waals surface area contributed by atoms with E-state index in [1.54, 1.807) is 18.2 Å². The number of piperazine rings is 1. The third-order valence-electron chi connectivity index (χ3n) is 5.34. The lowest BCUT2D eigenvalue weighted by Gasteiger charge is -2.34. The van der Waals surface area contributed by atoms with Crippen molar-refractivity contribution in [2.24, 2.45) is 0 Å². The zero-order valence-corrected chi connectivity index (χ0v) is 19.4. The van der Waals surface area contributed by atoms with Crippen LogP contribution in [0.5, 0.6) is 0 Å². The van der Waals surface area contributed by atoms with Gasteiger partial charge >= 0.3 is 0 Å². The number of likely N-dealkylation sites (N-methyl/N-ethyl adjacent to an activating group) is 1. The Morgan fingerprint density at radius 3 is 2.58 bits per heavy atom. The van der Waals surface area contributed by atoms with E-state index in [1.807, 2.05) is 18.7 Å². The normalized spacial score (nSPS) is 14.3. The maximum absolute atomic E-state index is 10.8. The number of halogens is 2. The first-order valence-electron chi connectivity index (χ1n) is 10.3. The maximum atomic E-state index is 10.8. The Morgan fingerprint density at radius 1 is 1.12 bits per heavy atom. The minimum absolute atomic E-state index is 0.0585. The monoisotopic (exact) mass is 486 g/mol. The van der Waals surface area contributed by atoms with Gasteiger partial charge in [-0.2, -0.15) is 0 Å². The zero-order valence-electron chi connectivity index (χ0n) is 17.9. The molecule has 0 saturated carbocycles. The van der Waals surface area contributed by atoms with Crippen molar-refractivity contribution in [3.05, 3.63) is 75.1 Å². The van der Waals surface area contributed by atoms with Crippen molar-refractivity contribution in [3.8, 4) is 11.3 Å². The molecule has 1 aliphatic rings. The fourth-order valence-electron chi connectivity index (χ4n) is 3.49. The molecule has 4 rings (SSSR count). The molecule has 11 heteroatoms. The molecule has 0 aliphatic carbocycles. The molecule has 0 unspecified atom stereocenters. The fraction of sp³-hybridized carbons (Fsp3) is 0.273. The van der Waals surface area contributed by atoms with Gasteiger partial charge in [0.2, 0.25) is 0 Å². The van der Waals surface area contributed by atoms with Crippen LogP contribution in [-0.4, -0.2) is 64.5 Å². The van der Waals surface area contributed by atoms with Crippen LogP contribution in [0, 0.1) is 16.5 Å². The molecule has 1 N–H and O–H groups in total. The molecule has 1 aliphatic heterocycles. The SMILES string of the molecule is CN1CCN(c2cnc([CH]CNc3ccc([N+](=O)[O-])cn3)nc2-c2ccc(Cl)cc2Cl)CC1.